The summed E-state index contributed by atoms with van der Waals surface area (Å²) < 4.78 is 7.10. The Morgan fingerprint density at radius 2 is 2.22 bits per heavy atom. The standard InChI is InChI=1S/C16H18N4O3/c1-10-7-11(2)20(19-10)6-5-15(21)17-12-3-4-14-13(8-12)18-16(22)9-23-14/h3-4,7-8H,5-6,9H2,1-2H3,(H,17,21)(H,18,22). The van der Waals surface area contributed by atoms with Crippen molar-refractivity contribution in [3.05, 3.63) is 35.7 Å². The molecule has 2 aromatic rings. The molecule has 1 aliphatic heterocycles. The molecule has 0 bridgehead atoms. The van der Waals surface area contributed by atoms with Crippen LogP contribution in [0.15, 0.2) is 24.3 Å². The number of benzene rings is 1. The molecule has 7 heteroatoms. The largest absolute Gasteiger partial charge is 0.482 e. The van der Waals surface area contributed by atoms with Crippen molar-refractivity contribution in [1.82, 2.24) is 9.78 Å². The minimum atomic E-state index is -0.203. The fourth-order valence-corrected chi connectivity index (χ4v) is 2.49. The normalized spacial score (nSPS) is 13.0. The number of hydrogen-bond donors (Lipinski definition) is 2. The molecule has 1 aliphatic rings. The third kappa shape index (κ3) is 3.50. The molecule has 0 spiro atoms. The minimum Gasteiger partial charge on any atom is -0.482 e. The summed E-state index contributed by atoms with van der Waals surface area (Å²) in [5, 5.41) is 9.86. The summed E-state index contributed by atoms with van der Waals surface area (Å²) in [6.45, 7) is 4.43. The first-order valence-corrected chi connectivity index (χ1v) is 7.39. The van der Waals surface area contributed by atoms with E-state index in [0.29, 0.717) is 30.1 Å². The molecular weight excluding hydrogens is 296 g/mol. The minimum absolute atomic E-state index is 0.0152. The van der Waals surface area contributed by atoms with Gasteiger partial charge in [0, 0.05) is 24.3 Å². The Kier molecular flexibility index (Phi) is 4.01. The first-order chi connectivity index (χ1) is 11.0. The Balaban J connectivity index is 1.61. The number of nitrogens with one attached hydrogen (secondary N) is 2. The average molecular weight is 314 g/mol. The topological polar surface area (TPSA) is 85.2 Å². The summed E-state index contributed by atoms with van der Waals surface area (Å²) in [6.07, 6.45) is 0.321. The van der Waals surface area contributed by atoms with Crippen molar-refractivity contribution in [3.8, 4) is 5.75 Å². The van der Waals surface area contributed by atoms with Gasteiger partial charge in [-0.05, 0) is 38.1 Å². The number of anilines is 2. The predicted octanol–water partition coefficient (Wildman–Crippen LogP) is 1.86. The molecule has 2 amide bonds. The molecule has 7 nitrogen and oxygen atoms in total. The highest BCUT2D eigenvalue weighted by molar-refractivity contribution is 5.97. The Morgan fingerprint density at radius 1 is 1.39 bits per heavy atom. The van der Waals surface area contributed by atoms with Gasteiger partial charge in [-0.3, -0.25) is 14.3 Å². The number of aryl methyl sites for hydroxylation is 3. The summed E-state index contributed by atoms with van der Waals surface area (Å²) in [7, 11) is 0. The average Bonchev–Trinajstić information content (AvgIpc) is 2.82. The number of carbonyl (C=O) groups excluding carboxylic acids is 2. The summed E-state index contributed by atoms with van der Waals surface area (Å²) >= 11 is 0. The molecule has 23 heavy (non-hydrogen) atoms. The van der Waals surface area contributed by atoms with Gasteiger partial charge in [-0.2, -0.15) is 5.10 Å². The highest BCUT2D eigenvalue weighted by Gasteiger charge is 2.16. The van der Waals surface area contributed by atoms with Crippen molar-refractivity contribution in [2.45, 2.75) is 26.8 Å². The van der Waals surface area contributed by atoms with Crippen LogP contribution in [0.2, 0.25) is 0 Å². The van der Waals surface area contributed by atoms with E-state index in [4.69, 9.17) is 4.74 Å². The Bertz CT molecular complexity index is 767. The second-order valence-corrected chi connectivity index (χ2v) is 5.50. The van der Waals surface area contributed by atoms with Gasteiger partial charge in [-0.1, -0.05) is 0 Å². The first-order valence-electron chi connectivity index (χ1n) is 7.39. The van der Waals surface area contributed by atoms with E-state index in [2.05, 4.69) is 15.7 Å². The lowest BCUT2D eigenvalue weighted by Gasteiger charge is -2.18. The van der Waals surface area contributed by atoms with Gasteiger partial charge in [0.25, 0.3) is 5.91 Å². The quantitative estimate of drug-likeness (QED) is 0.902. The van der Waals surface area contributed by atoms with Crippen LogP contribution >= 0.6 is 0 Å². The van der Waals surface area contributed by atoms with Gasteiger partial charge in [-0.25, -0.2) is 0 Å². The molecule has 0 aliphatic carbocycles. The molecule has 120 valence electrons. The van der Waals surface area contributed by atoms with E-state index in [0.717, 1.165) is 11.4 Å². The van der Waals surface area contributed by atoms with E-state index in [1.54, 1.807) is 18.2 Å². The number of hydrogen-bond acceptors (Lipinski definition) is 4. The highest BCUT2D eigenvalue weighted by atomic mass is 16.5. The number of amides is 2. The van der Waals surface area contributed by atoms with Gasteiger partial charge in [0.1, 0.15) is 5.75 Å². The third-order valence-corrected chi connectivity index (χ3v) is 3.55. The SMILES string of the molecule is Cc1cc(C)n(CCC(=O)Nc2ccc3c(c2)NC(=O)CO3)n1. The fourth-order valence-electron chi connectivity index (χ4n) is 2.49. The molecule has 3 rings (SSSR count). The molecule has 0 unspecified atom stereocenters. The second kappa shape index (κ2) is 6.12. The van der Waals surface area contributed by atoms with E-state index < -0.39 is 0 Å². The summed E-state index contributed by atoms with van der Waals surface area (Å²) in [5.41, 5.74) is 3.16. The molecule has 1 aromatic heterocycles. The van der Waals surface area contributed by atoms with E-state index in [9.17, 15) is 9.59 Å². The van der Waals surface area contributed by atoms with Crippen LogP contribution in [0.1, 0.15) is 17.8 Å². The van der Waals surface area contributed by atoms with Gasteiger partial charge in [0.2, 0.25) is 5.91 Å². The lowest BCUT2D eigenvalue weighted by Crippen LogP contribution is -2.25. The number of nitrogens with zero attached hydrogens (tertiary/aromatic N) is 2. The molecular formula is C16H18N4O3. The Labute approximate surface area is 133 Å². The lowest BCUT2D eigenvalue weighted by molar-refractivity contribution is -0.118. The van der Waals surface area contributed by atoms with Gasteiger partial charge in [-0.15, -0.1) is 0 Å². The number of aromatic nitrogens is 2. The van der Waals surface area contributed by atoms with Gasteiger partial charge >= 0.3 is 0 Å². The maximum absolute atomic E-state index is 12.1. The zero-order chi connectivity index (χ0) is 16.4. The summed E-state index contributed by atoms with van der Waals surface area (Å²) in [5.74, 6) is 0.288. The van der Waals surface area contributed by atoms with Crippen LogP contribution in [0.4, 0.5) is 11.4 Å². The van der Waals surface area contributed by atoms with Gasteiger partial charge < -0.3 is 15.4 Å². The predicted molar refractivity (Wildman–Crippen MR) is 85.5 cm³/mol. The fraction of sp³-hybridized carbons (Fsp3) is 0.312. The molecule has 1 aromatic carbocycles. The van der Waals surface area contributed by atoms with E-state index >= 15 is 0 Å². The number of ether oxygens (including phenoxy) is 1. The number of carbonyl (C=O) groups is 2. The molecule has 0 radical (unpaired) electrons. The maximum Gasteiger partial charge on any atom is 0.262 e. The van der Waals surface area contributed by atoms with E-state index in [-0.39, 0.29) is 18.4 Å². The Morgan fingerprint density at radius 3 is 2.96 bits per heavy atom. The molecule has 0 atom stereocenters. The highest BCUT2D eigenvalue weighted by Crippen LogP contribution is 2.30. The van der Waals surface area contributed by atoms with Crippen molar-refractivity contribution in [1.29, 1.82) is 0 Å². The third-order valence-electron chi connectivity index (χ3n) is 3.55. The van der Waals surface area contributed by atoms with Crippen molar-refractivity contribution in [2.24, 2.45) is 0 Å². The zero-order valence-electron chi connectivity index (χ0n) is 13.0. The van der Waals surface area contributed by atoms with Crippen LogP contribution in [-0.2, 0) is 16.1 Å². The monoisotopic (exact) mass is 314 g/mol. The van der Waals surface area contributed by atoms with Crippen LogP contribution in [0, 0.1) is 13.8 Å². The summed E-state index contributed by atoms with van der Waals surface area (Å²) in [4.78, 5) is 23.4. The van der Waals surface area contributed by atoms with Crippen molar-refractivity contribution < 1.29 is 14.3 Å². The molecule has 0 fully saturated rings. The van der Waals surface area contributed by atoms with Crippen LogP contribution < -0.4 is 15.4 Å². The van der Waals surface area contributed by atoms with Crippen molar-refractivity contribution in [3.63, 3.8) is 0 Å². The van der Waals surface area contributed by atoms with Gasteiger partial charge in [0.05, 0.1) is 11.4 Å². The lowest BCUT2D eigenvalue weighted by atomic mass is 10.2. The smallest absolute Gasteiger partial charge is 0.262 e. The number of fused-ring (bicyclic) bond motifs is 1. The first kappa shape index (κ1) is 15.1. The van der Waals surface area contributed by atoms with Crippen molar-refractivity contribution >= 4 is 23.2 Å². The summed E-state index contributed by atoms with van der Waals surface area (Å²) in [6, 6.07) is 7.14. The van der Waals surface area contributed by atoms with E-state index in [1.165, 1.54) is 0 Å². The van der Waals surface area contributed by atoms with Crippen LogP contribution in [0.25, 0.3) is 0 Å². The second-order valence-electron chi connectivity index (χ2n) is 5.50. The molecule has 0 saturated heterocycles. The Hall–Kier alpha value is -2.83. The van der Waals surface area contributed by atoms with Gasteiger partial charge in [0.15, 0.2) is 6.61 Å². The van der Waals surface area contributed by atoms with Crippen LogP contribution in [0.3, 0.4) is 0 Å². The van der Waals surface area contributed by atoms with Crippen LogP contribution in [-0.4, -0.2) is 28.2 Å². The number of rotatable bonds is 4. The van der Waals surface area contributed by atoms with E-state index in [1.807, 2.05) is 24.6 Å². The maximum atomic E-state index is 12.1. The molecule has 2 N–H and O–H groups in total. The molecule has 2 heterocycles. The van der Waals surface area contributed by atoms with Crippen molar-refractivity contribution in [2.75, 3.05) is 17.2 Å². The molecule has 0 saturated carbocycles. The zero-order valence-corrected chi connectivity index (χ0v) is 13.0. The van der Waals surface area contributed by atoms with Crippen LogP contribution in [0.5, 0.6) is 5.75 Å².